The molecule has 0 aromatic carbocycles. The van der Waals surface area contributed by atoms with Crippen LogP contribution in [0.1, 0.15) is 6.42 Å². The fourth-order valence-corrected chi connectivity index (χ4v) is 0.947. The van der Waals surface area contributed by atoms with Gasteiger partial charge in [0, 0.05) is 4.83 Å². The van der Waals surface area contributed by atoms with Crippen molar-refractivity contribution in [2.24, 2.45) is 0 Å². The molecule has 0 nitrogen and oxygen atoms in total. The van der Waals surface area contributed by atoms with Crippen LogP contribution in [0.25, 0.3) is 0 Å². The molecular weight excluding hydrogens is 166 g/mol. The number of rotatable bonds is 1. The summed E-state index contributed by atoms with van der Waals surface area (Å²) in [6, 6.07) is 0. The quantitative estimate of drug-likeness (QED) is 0.528. The van der Waals surface area contributed by atoms with Crippen LogP contribution in [0.15, 0.2) is 0 Å². The summed E-state index contributed by atoms with van der Waals surface area (Å²) in [6.45, 7) is 0. The lowest BCUT2D eigenvalue weighted by Gasteiger charge is -1.86. The minimum absolute atomic E-state index is 0.0208. The first kappa shape index (κ1) is 5.48. The molecule has 1 aliphatic rings. The van der Waals surface area contributed by atoms with Crippen molar-refractivity contribution in [2.75, 3.05) is 0 Å². The number of halogens is 3. The van der Waals surface area contributed by atoms with E-state index in [4.69, 9.17) is 0 Å². The molecule has 1 rings (SSSR count). The molecule has 0 heterocycles. The van der Waals surface area contributed by atoms with Crippen molar-refractivity contribution >= 4 is 15.9 Å². The molecule has 0 saturated heterocycles. The predicted molar refractivity (Wildman–Crippen MR) is 26.6 cm³/mol. The van der Waals surface area contributed by atoms with Crippen molar-refractivity contribution in [1.29, 1.82) is 0 Å². The van der Waals surface area contributed by atoms with Gasteiger partial charge in [-0.15, -0.1) is 0 Å². The van der Waals surface area contributed by atoms with Crippen molar-refractivity contribution in [3.8, 4) is 0 Å². The average molecular weight is 170 g/mol. The van der Waals surface area contributed by atoms with E-state index in [0.717, 1.165) is 0 Å². The van der Waals surface area contributed by atoms with Gasteiger partial charge < -0.3 is 0 Å². The Hall–Kier alpha value is 0.340. The third-order valence-electron chi connectivity index (χ3n) is 0.937. The van der Waals surface area contributed by atoms with Gasteiger partial charge in [-0.2, -0.15) is 0 Å². The Morgan fingerprint density at radius 1 is 1.71 bits per heavy atom. The van der Waals surface area contributed by atoms with E-state index < -0.39 is 6.43 Å². The Morgan fingerprint density at radius 2 is 2.14 bits per heavy atom. The molecule has 0 bridgehead atoms. The molecule has 1 fully saturated rings. The fourth-order valence-electron chi connectivity index (χ4n) is 0.374. The molecule has 41 valence electrons. The van der Waals surface area contributed by atoms with Gasteiger partial charge in [-0.25, -0.2) is 8.78 Å². The molecule has 0 amide bonds. The number of hydrogen-bond acceptors (Lipinski definition) is 0. The largest absolute Gasteiger partial charge is 0.246 e. The van der Waals surface area contributed by atoms with Crippen LogP contribution in [-0.2, 0) is 0 Å². The summed E-state index contributed by atoms with van der Waals surface area (Å²) >= 11 is 3.03. The van der Waals surface area contributed by atoms with Crippen LogP contribution in [0.3, 0.4) is 0 Å². The average Bonchev–Trinajstić information content (AvgIpc) is 2.17. The van der Waals surface area contributed by atoms with E-state index in [9.17, 15) is 8.78 Å². The summed E-state index contributed by atoms with van der Waals surface area (Å²) in [5.74, 6) is 0.347. The Labute approximate surface area is 49.0 Å². The number of alkyl halides is 3. The molecule has 1 aliphatic carbocycles. The molecule has 0 aromatic rings. The maximum atomic E-state index is 11.4. The summed E-state index contributed by atoms with van der Waals surface area (Å²) < 4.78 is 22.8. The summed E-state index contributed by atoms with van der Waals surface area (Å²) in [7, 11) is 0. The van der Waals surface area contributed by atoms with Crippen molar-refractivity contribution in [3.05, 3.63) is 5.92 Å². The van der Waals surface area contributed by atoms with Gasteiger partial charge in [0.25, 0.3) is 0 Å². The molecule has 0 spiro atoms. The first-order chi connectivity index (χ1) is 3.22. The summed E-state index contributed by atoms with van der Waals surface area (Å²) in [4.78, 5) is 0.0208. The normalized spacial score (nSPS) is 31.7. The minimum atomic E-state index is -2.19. The molecule has 1 saturated carbocycles. The highest BCUT2D eigenvalue weighted by Crippen LogP contribution is 2.44. The summed E-state index contributed by atoms with van der Waals surface area (Å²) in [6.07, 6.45) is -1.62. The fraction of sp³-hybridized carbons (Fsp3) is 0.750. The van der Waals surface area contributed by atoms with Crippen LogP contribution in [0.5, 0.6) is 0 Å². The maximum absolute atomic E-state index is 11.4. The Bertz CT molecular complexity index is 74.1. The van der Waals surface area contributed by atoms with Gasteiger partial charge >= 0.3 is 0 Å². The molecule has 0 aliphatic heterocycles. The van der Waals surface area contributed by atoms with Crippen LogP contribution in [0.4, 0.5) is 8.78 Å². The Kier molecular flexibility index (Phi) is 1.32. The molecular formula is C4H4BrF2. The van der Waals surface area contributed by atoms with E-state index in [2.05, 4.69) is 15.9 Å². The first-order valence-corrected chi connectivity index (χ1v) is 2.91. The predicted octanol–water partition coefficient (Wildman–Crippen LogP) is 1.99. The SMILES string of the molecule is FC(F)[C]1CC1Br. The molecule has 7 heavy (non-hydrogen) atoms. The van der Waals surface area contributed by atoms with Crippen molar-refractivity contribution in [2.45, 2.75) is 17.7 Å². The van der Waals surface area contributed by atoms with Gasteiger partial charge in [-0.1, -0.05) is 15.9 Å². The second-order valence-electron chi connectivity index (χ2n) is 1.55. The maximum Gasteiger partial charge on any atom is 0.246 e. The second-order valence-corrected chi connectivity index (χ2v) is 2.65. The lowest BCUT2D eigenvalue weighted by molar-refractivity contribution is 0.178. The van der Waals surface area contributed by atoms with Crippen LogP contribution in [0.2, 0.25) is 0 Å². The summed E-state index contributed by atoms with van der Waals surface area (Å²) in [5, 5.41) is 0. The molecule has 0 N–H and O–H groups in total. The van der Waals surface area contributed by atoms with Crippen molar-refractivity contribution < 1.29 is 8.78 Å². The van der Waals surface area contributed by atoms with Gasteiger partial charge in [-0.3, -0.25) is 0 Å². The molecule has 1 radical (unpaired) electrons. The van der Waals surface area contributed by atoms with E-state index in [-0.39, 0.29) is 4.83 Å². The third-order valence-corrected chi connectivity index (χ3v) is 1.85. The number of hydrogen-bond donors (Lipinski definition) is 0. The van der Waals surface area contributed by atoms with E-state index in [1.165, 1.54) is 0 Å². The Balaban J connectivity index is 2.20. The zero-order valence-electron chi connectivity index (χ0n) is 3.50. The standard InChI is InChI=1S/C4H4BrF2/c5-3-1-2(3)4(6)7/h3-4H,1H2. The monoisotopic (exact) mass is 169 g/mol. The zero-order valence-corrected chi connectivity index (χ0v) is 5.08. The second kappa shape index (κ2) is 1.69. The highest BCUT2D eigenvalue weighted by atomic mass is 79.9. The molecule has 1 atom stereocenters. The molecule has 3 heteroatoms. The minimum Gasteiger partial charge on any atom is -0.210 e. The summed E-state index contributed by atoms with van der Waals surface area (Å²) in [5.41, 5.74) is 0. The van der Waals surface area contributed by atoms with Gasteiger partial charge in [0.05, 0.1) is 5.92 Å². The van der Waals surface area contributed by atoms with Crippen LogP contribution >= 0.6 is 15.9 Å². The smallest absolute Gasteiger partial charge is 0.210 e. The lowest BCUT2D eigenvalue weighted by atomic mass is 10.5. The van der Waals surface area contributed by atoms with E-state index in [0.29, 0.717) is 12.3 Å². The van der Waals surface area contributed by atoms with Gasteiger partial charge in [-0.05, 0) is 6.42 Å². The van der Waals surface area contributed by atoms with Gasteiger partial charge in [0.15, 0.2) is 0 Å². The lowest BCUT2D eigenvalue weighted by Crippen LogP contribution is -1.90. The van der Waals surface area contributed by atoms with Crippen LogP contribution < -0.4 is 0 Å². The van der Waals surface area contributed by atoms with Gasteiger partial charge in [0.1, 0.15) is 0 Å². The van der Waals surface area contributed by atoms with E-state index in [1.807, 2.05) is 0 Å². The highest BCUT2D eigenvalue weighted by Gasteiger charge is 2.42. The third kappa shape index (κ3) is 1.12. The first-order valence-electron chi connectivity index (χ1n) is 1.99. The zero-order chi connectivity index (χ0) is 5.44. The highest BCUT2D eigenvalue weighted by molar-refractivity contribution is 9.09. The van der Waals surface area contributed by atoms with Gasteiger partial charge in [0.2, 0.25) is 6.43 Å². The van der Waals surface area contributed by atoms with Crippen molar-refractivity contribution in [3.63, 3.8) is 0 Å². The van der Waals surface area contributed by atoms with Crippen molar-refractivity contribution in [1.82, 2.24) is 0 Å². The topological polar surface area (TPSA) is 0 Å². The van der Waals surface area contributed by atoms with Crippen LogP contribution in [0, 0.1) is 5.92 Å². The van der Waals surface area contributed by atoms with E-state index >= 15 is 0 Å². The molecule has 0 aromatic heterocycles. The van der Waals surface area contributed by atoms with Crippen LogP contribution in [-0.4, -0.2) is 11.3 Å². The Morgan fingerprint density at radius 3 is 2.14 bits per heavy atom. The van der Waals surface area contributed by atoms with E-state index in [1.54, 1.807) is 0 Å². The molecule has 1 unspecified atom stereocenters.